The zero-order chi connectivity index (χ0) is 29.1. The summed E-state index contributed by atoms with van der Waals surface area (Å²) in [5.74, 6) is -0.416. The number of carbonyl (C=O) groups excluding carboxylic acids is 1. The third kappa shape index (κ3) is 6.18. The number of aliphatic hydroxyl groups excluding tert-OH is 1. The summed E-state index contributed by atoms with van der Waals surface area (Å²) in [7, 11) is -3.94. The van der Waals surface area contributed by atoms with Gasteiger partial charge in [0.1, 0.15) is 5.58 Å². The molecule has 0 fully saturated rings. The molecule has 1 aliphatic rings. The van der Waals surface area contributed by atoms with Crippen molar-refractivity contribution in [3.8, 4) is 11.1 Å². The van der Waals surface area contributed by atoms with Gasteiger partial charge < -0.3 is 19.9 Å². The maximum absolute atomic E-state index is 13.3. The minimum Gasteiger partial charge on any atom is -0.450 e. The van der Waals surface area contributed by atoms with E-state index in [4.69, 9.17) is 4.42 Å². The molecule has 4 N–H and O–H groups in total. The van der Waals surface area contributed by atoms with Gasteiger partial charge in [0.2, 0.25) is 15.8 Å². The summed E-state index contributed by atoms with van der Waals surface area (Å²) in [6.45, 7) is 3.41. The summed E-state index contributed by atoms with van der Waals surface area (Å²) in [5.41, 5.74) is 3.83. The Balaban J connectivity index is 1.28. The van der Waals surface area contributed by atoms with Crippen LogP contribution in [-0.2, 0) is 10.0 Å². The second-order valence-corrected chi connectivity index (χ2v) is 12.1. The van der Waals surface area contributed by atoms with Crippen molar-refractivity contribution in [1.82, 2.24) is 10.0 Å². The molecule has 0 spiro atoms. The van der Waals surface area contributed by atoms with Gasteiger partial charge in [-0.05, 0) is 47.7 Å². The Labute approximate surface area is 239 Å². The van der Waals surface area contributed by atoms with Crippen LogP contribution in [0.5, 0.6) is 0 Å². The molecule has 0 bridgehead atoms. The fraction of sp³-hybridized carbons (Fsp3) is 0.219. The standard InChI is InChI=1S/C32H32N2O6S/c1-20(2)29(32(36)37)34-41(38,39)25-18-14-22(15-19-25)21-12-16-24(17-13-21)33-31(35)30-28(23-8-4-3-5-9-23)26-10-6-7-11-27(26)40-30/h3-12,14-21,29,32,34,36-37H,13H2,1-2H3,(H,33,35)/t21?,29-/m0/s1. The quantitative estimate of drug-likeness (QED) is 0.207. The Morgan fingerprint density at radius 3 is 2.27 bits per heavy atom. The third-order valence-electron chi connectivity index (χ3n) is 7.17. The molecule has 4 aromatic rings. The maximum Gasteiger partial charge on any atom is 0.292 e. The van der Waals surface area contributed by atoms with Crippen LogP contribution in [0.25, 0.3) is 22.1 Å². The summed E-state index contributed by atoms with van der Waals surface area (Å²) < 4.78 is 33.9. The lowest BCUT2D eigenvalue weighted by atomic mass is 9.92. The molecule has 41 heavy (non-hydrogen) atoms. The molecule has 0 radical (unpaired) electrons. The molecule has 0 saturated carbocycles. The normalized spacial score (nSPS) is 16.2. The molecule has 1 heterocycles. The largest absolute Gasteiger partial charge is 0.450 e. The SMILES string of the molecule is CC(C)[C@H](NS(=O)(=O)c1ccc(C2C=CC(NC(=O)c3oc4ccccc4c3-c3ccccc3)=CC2)cc1)C(O)O. The fourth-order valence-corrected chi connectivity index (χ4v) is 6.31. The van der Waals surface area contributed by atoms with E-state index in [9.17, 15) is 23.4 Å². The van der Waals surface area contributed by atoms with Crippen molar-refractivity contribution in [2.45, 2.75) is 43.4 Å². The number of furan rings is 1. The summed E-state index contributed by atoms with van der Waals surface area (Å²) in [4.78, 5) is 13.4. The van der Waals surface area contributed by atoms with E-state index >= 15 is 0 Å². The van der Waals surface area contributed by atoms with Gasteiger partial charge in [0.25, 0.3) is 5.91 Å². The Morgan fingerprint density at radius 1 is 0.951 bits per heavy atom. The van der Waals surface area contributed by atoms with Gasteiger partial charge in [-0.3, -0.25) is 4.79 Å². The van der Waals surface area contributed by atoms with Gasteiger partial charge in [0, 0.05) is 22.6 Å². The third-order valence-corrected chi connectivity index (χ3v) is 8.65. The highest BCUT2D eigenvalue weighted by atomic mass is 32.2. The number of fused-ring (bicyclic) bond motifs is 1. The summed E-state index contributed by atoms with van der Waals surface area (Å²) in [6.07, 6.45) is 4.52. The second kappa shape index (κ2) is 11.8. The van der Waals surface area contributed by atoms with Gasteiger partial charge in [-0.25, -0.2) is 13.1 Å². The van der Waals surface area contributed by atoms with Crippen LogP contribution < -0.4 is 10.0 Å². The first kappa shape index (κ1) is 28.5. The first-order chi connectivity index (χ1) is 19.6. The number of para-hydroxylation sites is 1. The van der Waals surface area contributed by atoms with Crippen molar-refractivity contribution >= 4 is 26.9 Å². The Bertz CT molecular complexity index is 1700. The van der Waals surface area contributed by atoms with E-state index in [1.165, 1.54) is 12.1 Å². The van der Waals surface area contributed by atoms with Crippen LogP contribution in [-0.4, -0.2) is 36.9 Å². The Hall–Kier alpha value is -4.02. The van der Waals surface area contributed by atoms with Gasteiger partial charge in [0.15, 0.2) is 6.29 Å². The number of carbonyl (C=O) groups is 1. The van der Waals surface area contributed by atoms with Crippen LogP contribution >= 0.6 is 0 Å². The Morgan fingerprint density at radius 2 is 1.63 bits per heavy atom. The zero-order valence-electron chi connectivity index (χ0n) is 22.7. The highest BCUT2D eigenvalue weighted by molar-refractivity contribution is 7.89. The Kier molecular flexibility index (Phi) is 8.23. The second-order valence-electron chi connectivity index (χ2n) is 10.4. The van der Waals surface area contributed by atoms with Crippen molar-refractivity contribution in [2.24, 2.45) is 5.92 Å². The minimum absolute atomic E-state index is 0.00544. The van der Waals surface area contributed by atoms with Gasteiger partial charge in [-0.2, -0.15) is 0 Å². The average molecular weight is 573 g/mol. The highest BCUT2D eigenvalue weighted by Gasteiger charge is 2.28. The van der Waals surface area contributed by atoms with Gasteiger partial charge in [-0.15, -0.1) is 0 Å². The van der Waals surface area contributed by atoms with Crippen LogP contribution in [0.4, 0.5) is 0 Å². The molecule has 1 aliphatic carbocycles. The first-order valence-corrected chi connectivity index (χ1v) is 14.9. The van der Waals surface area contributed by atoms with E-state index in [0.29, 0.717) is 17.7 Å². The van der Waals surface area contributed by atoms with E-state index in [0.717, 1.165) is 22.1 Å². The van der Waals surface area contributed by atoms with Crippen LogP contribution in [0.2, 0.25) is 0 Å². The van der Waals surface area contributed by atoms with Gasteiger partial charge in [-0.1, -0.05) is 86.7 Å². The van der Waals surface area contributed by atoms with Gasteiger partial charge >= 0.3 is 0 Å². The molecule has 0 aliphatic heterocycles. The molecular weight excluding hydrogens is 540 g/mol. The van der Waals surface area contributed by atoms with Crippen LogP contribution in [0.15, 0.2) is 112 Å². The topological polar surface area (TPSA) is 129 Å². The van der Waals surface area contributed by atoms with E-state index in [1.54, 1.807) is 26.0 Å². The summed E-state index contributed by atoms with van der Waals surface area (Å²) in [6, 6.07) is 22.7. The summed E-state index contributed by atoms with van der Waals surface area (Å²) >= 11 is 0. The van der Waals surface area contributed by atoms with E-state index in [-0.39, 0.29) is 28.4 Å². The number of hydrogen-bond donors (Lipinski definition) is 4. The lowest BCUT2D eigenvalue weighted by Gasteiger charge is -2.24. The molecule has 5 rings (SSSR count). The summed E-state index contributed by atoms with van der Waals surface area (Å²) in [5, 5.41) is 22.9. The average Bonchev–Trinajstić information content (AvgIpc) is 3.37. The van der Waals surface area contributed by atoms with Gasteiger partial charge in [0.05, 0.1) is 10.9 Å². The van der Waals surface area contributed by atoms with Crippen molar-refractivity contribution < 1.29 is 27.8 Å². The van der Waals surface area contributed by atoms with E-state index < -0.39 is 22.4 Å². The van der Waals surface area contributed by atoms with E-state index in [2.05, 4.69) is 10.0 Å². The van der Waals surface area contributed by atoms with Crippen molar-refractivity contribution in [3.63, 3.8) is 0 Å². The number of amides is 1. The van der Waals surface area contributed by atoms with Crippen LogP contribution in [0.3, 0.4) is 0 Å². The monoisotopic (exact) mass is 572 g/mol. The van der Waals surface area contributed by atoms with E-state index in [1.807, 2.05) is 72.8 Å². The van der Waals surface area contributed by atoms with Crippen molar-refractivity contribution in [1.29, 1.82) is 0 Å². The fourth-order valence-electron chi connectivity index (χ4n) is 4.93. The van der Waals surface area contributed by atoms with Crippen molar-refractivity contribution in [3.05, 3.63) is 114 Å². The number of nitrogens with one attached hydrogen (secondary N) is 2. The lowest BCUT2D eigenvalue weighted by Crippen LogP contribution is -2.46. The minimum atomic E-state index is -3.94. The first-order valence-electron chi connectivity index (χ1n) is 13.4. The van der Waals surface area contributed by atoms with Crippen LogP contribution in [0.1, 0.15) is 42.3 Å². The number of sulfonamides is 1. The predicted octanol–water partition coefficient (Wildman–Crippen LogP) is 5.07. The lowest BCUT2D eigenvalue weighted by molar-refractivity contribution is -0.0718. The molecule has 8 nitrogen and oxygen atoms in total. The molecule has 1 aromatic heterocycles. The number of rotatable bonds is 9. The number of hydrogen-bond acceptors (Lipinski definition) is 6. The molecule has 2 atom stereocenters. The zero-order valence-corrected chi connectivity index (χ0v) is 23.5. The molecule has 9 heteroatoms. The molecule has 1 unspecified atom stereocenters. The number of aliphatic hydroxyl groups is 2. The molecule has 1 amide bonds. The highest BCUT2D eigenvalue weighted by Crippen LogP contribution is 2.35. The smallest absolute Gasteiger partial charge is 0.292 e. The van der Waals surface area contributed by atoms with Crippen LogP contribution in [0, 0.1) is 5.92 Å². The number of allylic oxidation sites excluding steroid dienone is 3. The van der Waals surface area contributed by atoms with Crippen molar-refractivity contribution in [2.75, 3.05) is 0 Å². The molecule has 3 aromatic carbocycles. The predicted molar refractivity (Wildman–Crippen MR) is 157 cm³/mol. The maximum atomic E-state index is 13.3. The molecule has 0 saturated heterocycles. The molecular formula is C32H32N2O6S. The molecule has 212 valence electrons. The number of benzene rings is 3.